The molecule has 1 fully saturated rings. The normalized spacial score (nSPS) is 14.0. The smallest absolute Gasteiger partial charge is 0.119 e. The van der Waals surface area contributed by atoms with E-state index in [4.69, 9.17) is 9.47 Å². The van der Waals surface area contributed by atoms with E-state index in [1.54, 1.807) is 6.07 Å². The Morgan fingerprint density at radius 2 is 1.55 bits per heavy atom. The molecule has 1 saturated heterocycles. The molecule has 3 aromatic carbocycles. The Morgan fingerprint density at radius 1 is 0.868 bits per heavy atom. The van der Waals surface area contributed by atoms with Crippen LogP contribution >= 0.6 is 12.4 Å². The van der Waals surface area contributed by atoms with Crippen molar-refractivity contribution >= 4 is 23.3 Å². The van der Waals surface area contributed by atoms with Crippen LogP contribution in [0.1, 0.15) is 44.2 Å². The van der Waals surface area contributed by atoms with Crippen molar-refractivity contribution in [3.63, 3.8) is 0 Å². The number of piperidine rings is 1. The van der Waals surface area contributed by atoms with Crippen LogP contribution in [0.4, 0.5) is 0 Å². The van der Waals surface area contributed by atoms with Crippen LogP contribution in [-0.2, 0) is 6.54 Å². The number of fused-ring (bicyclic) bond motifs is 1. The molecule has 0 spiro atoms. The van der Waals surface area contributed by atoms with Crippen LogP contribution in [0.15, 0.2) is 66.7 Å². The van der Waals surface area contributed by atoms with Crippen LogP contribution in [0.5, 0.6) is 17.2 Å². The van der Waals surface area contributed by atoms with Gasteiger partial charge in [0.15, 0.2) is 0 Å². The zero-order valence-corrected chi connectivity index (χ0v) is 23.5. The van der Waals surface area contributed by atoms with Crippen molar-refractivity contribution in [2.75, 3.05) is 26.2 Å². The van der Waals surface area contributed by atoms with Gasteiger partial charge in [0.05, 0.1) is 11.8 Å². The molecule has 38 heavy (non-hydrogen) atoms. The Balaban J connectivity index is 0.00000336. The molecule has 1 aromatic heterocycles. The summed E-state index contributed by atoms with van der Waals surface area (Å²) in [5.74, 6) is 2.07. The van der Waals surface area contributed by atoms with Crippen molar-refractivity contribution in [1.82, 2.24) is 9.47 Å². The summed E-state index contributed by atoms with van der Waals surface area (Å²) in [4.78, 5) is 2.50. The summed E-state index contributed by atoms with van der Waals surface area (Å²) < 4.78 is 14.2. The Kier molecular flexibility index (Phi) is 9.24. The van der Waals surface area contributed by atoms with Crippen LogP contribution in [0.3, 0.4) is 0 Å². The maximum atomic E-state index is 10.2. The standard InChI is InChI=1S/C32H38N2O3.ClH/c1-23(2)37-29-14-9-26(10-15-29)32-24(3)30-21-27(35)11-16-31(30)34(32)22-25-7-12-28(13-8-25)36-20-19-33-17-5-4-6-18-33;/h7-16,21,23,35H,4-6,17-20,22H2,1-3H3;1H. The Bertz CT molecular complexity index is 1320. The minimum atomic E-state index is 0. The van der Waals surface area contributed by atoms with Crippen LogP contribution in [-0.4, -0.2) is 46.9 Å². The minimum absolute atomic E-state index is 0. The van der Waals surface area contributed by atoms with Crippen molar-refractivity contribution in [2.24, 2.45) is 0 Å². The van der Waals surface area contributed by atoms with Gasteiger partial charge in [0.1, 0.15) is 23.9 Å². The summed E-state index contributed by atoms with van der Waals surface area (Å²) in [6, 6.07) is 22.4. The molecule has 2 heterocycles. The van der Waals surface area contributed by atoms with E-state index in [9.17, 15) is 5.11 Å². The van der Waals surface area contributed by atoms with Gasteiger partial charge in [-0.1, -0.05) is 18.6 Å². The molecular formula is C32H39ClN2O3. The van der Waals surface area contributed by atoms with E-state index in [1.807, 2.05) is 38.1 Å². The summed E-state index contributed by atoms with van der Waals surface area (Å²) in [7, 11) is 0. The van der Waals surface area contributed by atoms with E-state index < -0.39 is 0 Å². The van der Waals surface area contributed by atoms with Gasteiger partial charge in [-0.05, 0) is 118 Å². The largest absolute Gasteiger partial charge is 0.508 e. The number of phenols is 1. The highest BCUT2D eigenvalue weighted by Crippen LogP contribution is 2.36. The van der Waals surface area contributed by atoms with E-state index in [0.717, 1.165) is 58.9 Å². The number of ether oxygens (including phenoxy) is 2. The van der Waals surface area contributed by atoms with Gasteiger partial charge in [-0.2, -0.15) is 0 Å². The zero-order valence-electron chi connectivity index (χ0n) is 22.7. The number of halogens is 1. The second-order valence-electron chi connectivity index (χ2n) is 10.3. The molecular weight excluding hydrogens is 496 g/mol. The van der Waals surface area contributed by atoms with Crippen LogP contribution in [0.2, 0.25) is 0 Å². The van der Waals surface area contributed by atoms with Gasteiger partial charge in [-0.15, -0.1) is 12.4 Å². The lowest BCUT2D eigenvalue weighted by Crippen LogP contribution is -2.33. The first kappa shape index (κ1) is 27.9. The fraction of sp³-hybridized carbons (Fsp3) is 0.375. The predicted octanol–water partition coefficient (Wildman–Crippen LogP) is 7.44. The summed E-state index contributed by atoms with van der Waals surface area (Å²) in [5.41, 5.74) is 5.74. The van der Waals surface area contributed by atoms with Crippen molar-refractivity contribution in [2.45, 2.75) is 52.7 Å². The lowest BCUT2D eigenvalue weighted by molar-refractivity contribution is 0.183. The Morgan fingerprint density at radius 3 is 2.24 bits per heavy atom. The first-order valence-corrected chi connectivity index (χ1v) is 13.5. The SMILES string of the molecule is Cc1c(-c2ccc(OC(C)C)cc2)n(Cc2ccc(OCCN3CCCCC3)cc2)c2ccc(O)cc12.Cl. The first-order chi connectivity index (χ1) is 18.0. The van der Waals surface area contributed by atoms with Crippen molar-refractivity contribution < 1.29 is 14.6 Å². The number of hydrogen-bond acceptors (Lipinski definition) is 4. The third-order valence-corrected chi connectivity index (χ3v) is 7.19. The molecule has 5 nitrogen and oxygen atoms in total. The average molecular weight is 535 g/mol. The highest BCUT2D eigenvalue weighted by atomic mass is 35.5. The summed E-state index contributed by atoms with van der Waals surface area (Å²) >= 11 is 0. The van der Waals surface area contributed by atoms with Crippen molar-refractivity contribution in [3.8, 4) is 28.5 Å². The highest BCUT2D eigenvalue weighted by molar-refractivity contribution is 5.92. The second-order valence-corrected chi connectivity index (χ2v) is 10.3. The first-order valence-electron chi connectivity index (χ1n) is 13.5. The number of aromatic nitrogens is 1. The quantitative estimate of drug-likeness (QED) is 0.242. The summed E-state index contributed by atoms with van der Waals surface area (Å²) in [5, 5.41) is 11.2. The fourth-order valence-electron chi connectivity index (χ4n) is 5.36. The van der Waals surface area contributed by atoms with Crippen LogP contribution in [0, 0.1) is 6.92 Å². The Hall–Kier alpha value is -3.15. The molecule has 0 atom stereocenters. The molecule has 1 N–H and O–H groups in total. The van der Waals surface area contributed by atoms with Gasteiger partial charge < -0.3 is 19.1 Å². The minimum Gasteiger partial charge on any atom is -0.508 e. The number of aromatic hydroxyl groups is 1. The molecule has 0 bridgehead atoms. The molecule has 6 heteroatoms. The van der Waals surface area contributed by atoms with Gasteiger partial charge in [0.25, 0.3) is 0 Å². The monoisotopic (exact) mass is 534 g/mol. The topological polar surface area (TPSA) is 46.9 Å². The number of benzene rings is 3. The third-order valence-electron chi connectivity index (χ3n) is 7.19. The van der Waals surface area contributed by atoms with Gasteiger partial charge in [-0.25, -0.2) is 0 Å². The van der Waals surface area contributed by atoms with E-state index >= 15 is 0 Å². The molecule has 0 radical (unpaired) electrons. The lowest BCUT2D eigenvalue weighted by Gasteiger charge is -2.26. The molecule has 0 amide bonds. The Labute approximate surface area is 232 Å². The van der Waals surface area contributed by atoms with Crippen LogP contribution in [0.25, 0.3) is 22.2 Å². The maximum Gasteiger partial charge on any atom is 0.119 e. The van der Waals surface area contributed by atoms with Gasteiger partial charge in [-0.3, -0.25) is 4.90 Å². The lowest BCUT2D eigenvalue weighted by atomic mass is 10.1. The molecule has 0 saturated carbocycles. The number of likely N-dealkylation sites (tertiary alicyclic amines) is 1. The second kappa shape index (κ2) is 12.6. The van der Waals surface area contributed by atoms with E-state index in [2.05, 4.69) is 52.8 Å². The molecule has 202 valence electrons. The molecule has 1 aliphatic heterocycles. The number of phenolic OH excluding ortho intramolecular Hbond substituents is 1. The van der Waals surface area contributed by atoms with Gasteiger partial charge >= 0.3 is 0 Å². The van der Waals surface area contributed by atoms with Gasteiger partial charge in [0.2, 0.25) is 0 Å². The van der Waals surface area contributed by atoms with E-state index in [1.165, 1.54) is 37.9 Å². The predicted molar refractivity (Wildman–Crippen MR) is 158 cm³/mol. The van der Waals surface area contributed by atoms with E-state index in [-0.39, 0.29) is 24.3 Å². The van der Waals surface area contributed by atoms with Crippen molar-refractivity contribution in [1.29, 1.82) is 0 Å². The highest BCUT2D eigenvalue weighted by Gasteiger charge is 2.17. The summed E-state index contributed by atoms with van der Waals surface area (Å²) in [6.45, 7) is 11.0. The van der Waals surface area contributed by atoms with Crippen molar-refractivity contribution in [3.05, 3.63) is 77.9 Å². The number of aryl methyl sites for hydroxylation is 1. The molecule has 0 unspecified atom stereocenters. The molecule has 4 aromatic rings. The zero-order chi connectivity index (χ0) is 25.8. The van der Waals surface area contributed by atoms with Gasteiger partial charge in [0, 0.05) is 24.0 Å². The molecule has 5 rings (SSSR count). The average Bonchev–Trinajstić information content (AvgIpc) is 3.16. The van der Waals surface area contributed by atoms with E-state index in [0.29, 0.717) is 0 Å². The number of hydrogen-bond donors (Lipinski definition) is 1. The summed E-state index contributed by atoms with van der Waals surface area (Å²) in [6.07, 6.45) is 4.11. The number of rotatable bonds is 9. The fourth-order valence-corrected chi connectivity index (χ4v) is 5.36. The number of nitrogens with zero attached hydrogens (tertiary/aromatic N) is 2. The van der Waals surface area contributed by atoms with Crippen LogP contribution < -0.4 is 9.47 Å². The molecule has 1 aliphatic rings. The third kappa shape index (κ3) is 6.46. The maximum absolute atomic E-state index is 10.2. The molecule has 0 aliphatic carbocycles.